The predicted molar refractivity (Wildman–Crippen MR) is 605 cm³/mol. The lowest BCUT2D eigenvalue weighted by Crippen LogP contribution is -2.20. The zero-order valence-corrected chi connectivity index (χ0v) is 82.3. The lowest BCUT2D eigenvalue weighted by atomic mass is 10.2. The summed E-state index contributed by atoms with van der Waals surface area (Å²) in [5, 5.41) is 7.39. The fraction of sp³-hybridized carbons (Fsp3) is 0.0935. The molecular formula is C139H64N8O2. The first kappa shape index (κ1) is 128. The van der Waals surface area contributed by atoms with Crippen molar-refractivity contribution in [1.82, 2.24) is 19.9 Å². The van der Waals surface area contributed by atoms with Gasteiger partial charge in [-0.05, 0) is 150 Å². The molecule has 10 heteroatoms. The predicted octanol–water partition coefficient (Wildman–Crippen LogP) is 13.1. The molecule has 2 aromatic carbocycles. The molecule has 6 rings (SSSR count). The van der Waals surface area contributed by atoms with E-state index in [9.17, 15) is 9.59 Å². The van der Waals surface area contributed by atoms with Crippen LogP contribution in [-0.2, 0) is 4.79 Å². The molecule has 0 aliphatic heterocycles. The molecule has 4 heterocycles. The number of carbonyl (C=O) groups excluding carboxylic acids is 2. The van der Waals surface area contributed by atoms with Gasteiger partial charge in [0.15, 0.2) is 5.82 Å². The van der Waals surface area contributed by atoms with Gasteiger partial charge in [0.1, 0.15) is 5.82 Å². The minimum atomic E-state index is -0.333. The standard InChI is InChI=1S/C97H4.C15H12N4O.C9H8N2.C6H4N2O.6C2H6/c1-3-5-7-9-11-13-15-17-19-21-23-25-27-29-31-33-35-37-39-41-43-45-47-49-51-53-55-57-59-61-63-65-67-69-71-73-75-77-79-81-83-85-87-89-91-93-95-97-96-94-92-90-88-86-84-82-80-78-76-74-72-70-68-66-64-62-60-58-56-54-52-50-48-46-44-42-40-38-36-34-32-30-28-26-24-22-20-18-16-14-12-10-8-6-4-2;20-15(19-14-7-3-4-9-17-14)18-13-8-10-16-12-6-2-1-5-11(12)13;10-8-5-6-11-9-4-2-1-3-7(8)9;9-5-8-6-3-1-2-4-7-6;6*1-2/h1H,2H3;1-10H,(H2,16,17,18,19,20);1-6H,(H2,10,11);1-4H;6*1-2H3. The number of anilines is 3. The first-order chi connectivity index (χ1) is 74.0. The molecule has 0 spiro atoms. The van der Waals surface area contributed by atoms with E-state index in [0.717, 1.165) is 27.5 Å². The molecule has 0 saturated carbocycles. The lowest BCUT2D eigenvalue weighted by Gasteiger charge is -2.09. The smallest absolute Gasteiger partial charge is 0.324 e. The molecule has 0 atom stereocenters. The molecule has 10 nitrogen and oxygen atoms in total. The third-order valence-corrected chi connectivity index (χ3v) is 11.2. The zero-order valence-electron chi connectivity index (χ0n) is 82.3. The van der Waals surface area contributed by atoms with Gasteiger partial charge in [-0.15, -0.1) is 11.4 Å². The number of pyridine rings is 4. The largest absolute Gasteiger partial charge is 0.398 e. The number of nitrogens with two attached hydrogens (primary N) is 1. The van der Waals surface area contributed by atoms with Crippen molar-refractivity contribution in [2.75, 3.05) is 16.4 Å². The van der Waals surface area contributed by atoms with Crippen molar-refractivity contribution in [3.63, 3.8) is 0 Å². The maximum Gasteiger partial charge on any atom is 0.324 e. The van der Waals surface area contributed by atoms with Gasteiger partial charge in [-0.25, -0.2) is 19.6 Å². The van der Waals surface area contributed by atoms with Crippen molar-refractivity contribution < 1.29 is 9.59 Å². The Kier molecular flexibility index (Phi) is 99.0. The molecule has 672 valence electrons. The van der Waals surface area contributed by atoms with Crippen LogP contribution in [0.4, 0.5) is 27.8 Å². The number of nitrogens with zero attached hydrogens (tertiary/aromatic N) is 5. The van der Waals surface area contributed by atoms with E-state index in [2.05, 4.69) is 598 Å². The summed E-state index contributed by atoms with van der Waals surface area (Å²) in [6, 6.07) is 29.2. The van der Waals surface area contributed by atoms with Crippen LogP contribution in [0.5, 0.6) is 0 Å². The highest BCUT2D eigenvalue weighted by atomic mass is 16.2. The van der Waals surface area contributed by atoms with E-state index in [4.69, 9.17) is 12.2 Å². The van der Waals surface area contributed by atoms with Gasteiger partial charge < -0.3 is 11.1 Å². The van der Waals surface area contributed by atoms with E-state index in [1.165, 1.54) is 6.08 Å². The minimum absolute atomic E-state index is 0.333. The van der Waals surface area contributed by atoms with Crippen molar-refractivity contribution >= 4 is 56.9 Å². The van der Waals surface area contributed by atoms with E-state index in [-0.39, 0.29) is 6.03 Å². The maximum absolute atomic E-state index is 11.9. The normalized spacial score (nSPS) is 5.42. The summed E-state index contributed by atoms with van der Waals surface area (Å²) in [5.41, 5.74) is 9.00. The summed E-state index contributed by atoms with van der Waals surface area (Å²) in [6.45, 7) is 25.7. The molecule has 0 bridgehead atoms. The fourth-order valence-electron chi connectivity index (χ4n) is 6.44. The summed E-state index contributed by atoms with van der Waals surface area (Å²) in [5.74, 6) is 238. The van der Waals surface area contributed by atoms with Crippen LogP contribution in [0.15, 0.2) is 127 Å². The van der Waals surface area contributed by atoms with Gasteiger partial charge >= 0.3 is 6.03 Å². The second kappa shape index (κ2) is 115. The van der Waals surface area contributed by atoms with E-state index in [1.807, 2.05) is 144 Å². The molecule has 4 aromatic heterocycles. The molecule has 2 amide bonds. The van der Waals surface area contributed by atoms with Crippen molar-refractivity contribution in [1.29, 1.82) is 0 Å². The first-order valence-electron chi connectivity index (χ1n) is 42.3. The topological polar surface area (TPSA) is 148 Å². The third kappa shape index (κ3) is 92.5. The van der Waals surface area contributed by atoms with Gasteiger partial charge in [0.2, 0.25) is 6.08 Å². The van der Waals surface area contributed by atoms with Gasteiger partial charge in [-0.1, -0.05) is 138 Å². The summed E-state index contributed by atoms with van der Waals surface area (Å²) >= 11 is 0. The van der Waals surface area contributed by atoms with Gasteiger partial charge in [-0.2, -0.15) is 0 Å². The Morgan fingerprint density at radius 2 is 0.430 bits per heavy atom. The van der Waals surface area contributed by atoms with Crippen LogP contribution in [-0.4, -0.2) is 32.0 Å². The number of terminal acetylenes is 1. The van der Waals surface area contributed by atoms with Crippen LogP contribution in [0.1, 0.15) is 90.0 Å². The third-order valence-electron chi connectivity index (χ3n) is 11.2. The molecule has 4 N–H and O–H groups in total. The number of hydrogen-bond acceptors (Lipinski definition) is 8. The number of urea groups is 1. The number of aromatic nitrogens is 4. The molecule has 149 heavy (non-hydrogen) atoms. The van der Waals surface area contributed by atoms with Crippen LogP contribution < -0.4 is 16.4 Å². The van der Waals surface area contributed by atoms with Gasteiger partial charge in [0.25, 0.3) is 0 Å². The van der Waals surface area contributed by atoms with E-state index >= 15 is 0 Å². The van der Waals surface area contributed by atoms with Crippen molar-refractivity contribution in [2.24, 2.45) is 4.99 Å². The number of benzene rings is 2. The van der Waals surface area contributed by atoms with Crippen LogP contribution in [0.25, 0.3) is 21.8 Å². The van der Waals surface area contributed by atoms with Crippen molar-refractivity contribution in [3.8, 4) is 569 Å². The van der Waals surface area contributed by atoms with E-state index in [1.54, 1.807) is 68.1 Å². The quantitative estimate of drug-likeness (QED) is 0.0908. The van der Waals surface area contributed by atoms with Crippen LogP contribution in [0.2, 0.25) is 0 Å². The minimum Gasteiger partial charge on any atom is -0.398 e. The highest BCUT2D eigenvalue weighted by Crippen LogP contribution is 2.21. The maximum atomic E-state index is 11.9. The van der Waals surface area contributed by atoms with E-state index in [0.29, 0.717) is 17.3 Å². The van der Waals surface area contributed by atoms with Gasteiger partial charge in [0.05, 0.1) is 16.7 Å². The number of nitrogen functional groups attached to an aromatic ring is 1. The number of carbonyl (C=O) groups is 1. The van der Waals surface area contributed by atoms with Crippen LogP contribution in [0, 0.1) is 569 Å². The summed E-state index contributed by atoms with van der Waals surface area (Å²) in [4.78, 5) is 41.1. The molecule has 0 aliphatic carbocycles. The Hall–Kier alpha value is -27.1. The van der Waals surface area contributed by atoms with Crippen LogP contribution in [0.3, 0.4) is 0 Å². The monoisotopic (exact) mass is 1880 g/mol. The highest BCUT2D eigenvalue weighted by molar-refractivity contribution is 6.05. The molecule has 0 saturated heterocycles. The Morgan fingerprint density at radius 3 is 0.638 bits per heavy atom. The number of amides is 2. The average Bonchev–Trinajstić information content (AvgIpc) is 0.828. The number of nitrogens with one attached hydrogen (secondary N) is 2. The first-order valence-corrected chi connectivity index (χ1v) is 42.3. The fourth-order valence-corrected chi connectivity index (χ4v) is 6.44. The lowest BCUT2D eigenvalue weighted by molar-refractivity contribution is 0.262. The number of aliphatic imine (C=N–C) groups is 1. The van der Waals surface area contributed by atoms with Gasteiger partial charge in [-0.3, -0.25) is 15.3 Å². The average molecular weight is 1880 g/mol. The highest BCUT2D eigenvalue weighted by Gasteiger charge is 2.07. The molecule has 0 aliphatic rings. The Balaban J connectivity index is -0.00000160. The molecule has 0 fully saturated rings. The summed E-state index contributed by atoms with van der Waals surface area (Å²) in [7, 11) is 0. The number of fused-ring (bicyclic) bond motifs is 2. The Bertz CT molecular complexity index is 9450. The SMILES string of the molecule is C#CC#CC#CC#CC#CC#CC#CC#CC#CC#CC#CC#CC#CC#CC#CC#CC#CC#CC#CC#CC#CC#CC#CC#CC#CC#CC#CC#CC#CC#CC#CC#CC#CC#CC#CC#CC#CC#CC#CC#CC#CC#CC#CC#CC#CC#CC#CC#CC.CC.CC.CC.CC.CC.CC.Nc1ccnc2ccccc12.O=C(Nc1ccccn1)Nc1ccnc2ccccc12.O=C=Nc1ccccn1. The molecule has 6 aromatic rings. The van der Waals surface area contributed by atoms with E-state index < -0.39 is 0 Å². The molecular weight excluding hydrogens is 1810 g/mol. The van der Waals surface area contributed by atoms with Crippen molar-refractivity contribution in [2.45, 2.75) is 90.0 Å². The van der Waals surface area contributed by atoms with Crippen molar-refractivity contribution in [3.05, 3.63) is 122 Å². The second-order valence-corrected chi connectivity index (χ2v) is 20.0. The number of para-hydroxylation sites is 2. The number of isocyanates is 1. The number of hydrogen-bond donors (Lipinski definition) is 3. The second-order valence-electron chi connectivity index (χ2n) is 20.0. The Labute approximate surface area is 882 Å². The molecule has 0 radical (unpaired) electrons. The van der Waals surface area contributed by atoms with Gasteiger partial charge in [0, 0.05) is 503 Å². The summed E-state index contributed by atoms with van der Waals surface area (Å²) < 4.78 is 0. The zero-order chi connectivity index (χ0) is 109. The Morgan fingerprint density at radius 1 is 0.228 bits per heavy atom. The number of rotatable bonds is 3. The molecule has 0 unspecified atom stereocenters. The summed E-state index contributed by atoms with van der Waals surface area (Å²) in [6.07, 6.45) is 12.9. The van der Waals surface area contributed by atoms with Crippen LogP contribution >= 0.6 is 0 Å².